The molecule has 0 saturated carbocycles. The predicted molar refractivity (Wildman–Crippen MR) is 119 cm³/mol. The Kier molecular flexibility index (Phi) is 10.3. The average Bonchev–Trinajstić information content (AvgIpc) is 3.07. The summed E-state index contributed by atoms with van der Waals surface area (Å²) >= 11 is 1.71. The van der Waals surface area contributed by atoms with Crippen molar-refractivity contribution in [1.29, 1.82) is 0 Å². The van der Waals surface area contributed by atoms with E-state index in [4.69, 9.17) is 0 Å². The number of halogens is 1. The Bertz CT molecular complexity index is 670. The molecule has 0 amide bonds. The first kappa shape index (κ1) is 23.6. The molecule has 0 spiro atoms. The van der Waals surface area contributed by atoms with Crippen molar-refractivity contribution >= 4 is 51.3 Å². The molecule has 2 N–H and O–H groups in total. The number of hydrogen-bond donors (Lipinski definition) is 2. The second-order valence-electron chi connectivity index (χ2n) is 6.13. The van der Waals surface area contributed by atoms with Crippen LogP contribution < -0.4 is 10.6 Å². The number of aromatic nitrogens is 1. The molecule has 1 aliphatic rings. The first-order valence-electron chi connectivity index (χ1n) is 8.87. The molecule has 1 fully saturated rings. The molecule has 7 nitrogen and oxygen atoms in total. The van der Waals surface area contributed by atoms with Crippen molar-refractivity contribution < 1.29 is 8.42 Å². The van der Waals surface area contributed by atoms with Crippen LogP contribution in [-0.2, 0) is 23.0 Å². The minimum absolute atomic E-state index is 0. The van der Waals surface area contributed by atoms with Gasteiger partial charge in [0.2, 0.25) is 10.0 Å². The van der Waals surface area contributed by atoms with Crippen molar-refractivity contribution in [3.8, 4) is 0 Å². The van der Waals surface area contributed by atoms with E-state index in [1.807, 2.05) is 13.1 Å². The van der Waals surface area contributed by atoms with Gasteiger partial charge in [-0.15, -0.1) is 35.3 Å². The summed E-state index contributed by atoms with van der Waals surface area (Å²) in [4.78, 5) is 9.93. The van der Waals surface area contributed by atoms with Gasteiger partial charge in [0.25, 0.3) is 0 Å². The minimum atomic E-state index is -3.08. The van der Waals surface area contributed by atoms with Crippen LogP contribution in [0.1, 0.15) is 43.0 Å². The Morgan fingerprint density at radius 1 is 1.38 bits per heavy atom. The fourth-order valence-corrected chi connectivity index (χ4v) is 5.15. The molecule has 26 heavy (non-hydrogen) atoms. The highest BCUT2D eigenvalue weighted by molar-refractivity contribution is 14.0. The third-order valence-electron chi connectivity index (χ3n) is 4.23. The van der Waals surface area contributed by atoms with Crippen LogP contribution in [0.3, 0.4) is 0 Å². The van der Waals surface area contributed by atoms with E-state index in [0.29, 0.717) is 26.1 Å². The number of sulfonamides is 1. The zero-order valence-electron chi connectivity index (χ0n) is 15.7. The Hall–Kier alpha value is -0.460. The van der Waals surface area contributed by atoms with Gasteiger partial charge in [-0.3, -0.25) is 4.99 Å². The monoisotopic (exact) mass is 515 g/mol. The fraction of sp³-hybridized carbons (Fsp3) is 0.750. The lowest BCUT2D eigenvalue weighted by molar-refractivity contribution is 0.306. The summed E-state index contributed by atoms with van der Waals surface area (Å²) < 4.78 is 25.9. The topological polar surface area (TPSA) is 86.7 Å². The van der Waals surface area contributed by atoms with Gasteiger partial charge in [-0.25, -0.2) is 17.7 Å². The van der Waals surface area contributed by atoms with Gasteiger partial charge in [0.05, 0.1) is 12.3 Å². The maximum absolute atomic E-state index is 12.1. The van der Waals surface area contributed by atoms with Crippen LogP contribution >= 0.6 is 35.3 Å². The molecule has 10 heteroatoms. The number of nitrogens with zero attached hydrogens (tertiary/aromatic N) is 3. The molecule has 2 heterocycles. The van der Waals surface area contributed by atoms with Crippen LogP contribution in [0.25, 0.3) is 0 Å². The molecular formula is C16H30IN5O2S2. The lowest BCUT2D eigenvalue weighted by Gasteiger charge is -2.32. The first-order chi connectivity index (χ1) is 12.0. The highest BCUT2D eigenvalue weighted by atomic mass is 127. The van der Waals surface area contributed by atoms with Crippen molar-refractivity contribution in [2.75, 3.05) is 25.9 Å². The number of aliphatic imine (C=N–C) groups is 1. The number of piperidine rings is 1. The van der Waals surface area contributed by atoms with Crippen LogP contribution in [0.15, 0.2) is 11.2 Å². The van der Waals surface area contributed by atoms with Gasteiger partial charge in [0.15, 0.2) is 5.96 Å². The summed E-state index contributed by atoms with van der Waals surface area (Å²) in [7, 11) is -1.34. The minimum Gasteiger partial charge on any atom is -0.354 e. The highest BCUT2D eigenvalue weighted by Gasteiger charge is 2.27. The number of guanidine groups is 1. The summed E-state index contributed by atoms with van der Waals surface area (Å²) in [6.45, 7) is 5.81. The van der Waals surface area contributed by atoms with Crippen molar-refractivity contribution in [3.63, 3.8) is 0 Å². The molecule has 150 valence electrons. The average molecular weight is 515 g/mol. The van der Waals surface area contributed by atoms with Crippen molar-refractivity contribution in [3.05, 3.63) is 16.1 Å². The summed E-state index contributed by atoms with van der Waals surface area (Å²) in [5, 5.41) is 7.72. The van der Waals surface area contributed by atoms with E-state index in [9.17, 15) is 8.42 Å². The van der Waals surface area contributed by atoms with Crippen molar-refractivity contribution in [1.82, 2.24) is 19.9 Å². The van der Waals surface area contributed by atoms with Crippen LogP contribution in [0.5, 0.6) is 0 Å². The first-order valence-corrected chi connectivity index (χ1v) is 11.3. The van der Waals surface area contributed by atoms with Gasteiger partial charge in [0, 0.05) is 37.3 Å². The highest BCUT2D eigenvalue weighted by Crippen LogP contribution is 2.15. The van der Waals surface area contributed by atoms with E-state index in [-0.39, 0.29) is 35.8 Å². The Morgan fingerprint density at radius 3 is 2.62 bits per heavy atom. The lowest BCUT2D eigenvalue weighted by atomic mass is 10.1. The molecule has 1 aromatic rings. The van der Waals surface area contributed by atoms with E-state index < -0.39 is 10.0 Å². The zero-order chi connectivity index (χ0) is 18.3. The predicted octanol–water partition coefficient (Wildman–Crippen LogP) is 2.19. The molecule has 1 aromatic heterocycles. The maximum Gasteiger partial charge on any atom is 0.214 e. The lowest BCUT2D eigenvalue weighted by Crippen LogP contribution is -2.49. The number of thiazole rings is 1. The molecule has 0 atom stereocenters. The SMILES string of the molecule is CCCS(=O)(=O)N1CCC(NC(=NC)NCc2ncc(CC)s2)CC1.I. The maximum atomic E-state index is 12.1. The molecule has 0 unspecified atom stereocenters. The van der Waals surface area contributed by atoms with Crippen LogP contribution in [-0.4, -0.2) is 55.6 Å². The van der Waals surface area contributed by atoms with Gasteiger partial charge in [-0.2, -0.15) is 0 Å². The van der Waals surface area contributed by atoms with E-state index in [1.165, 1.54) is 4.88 Å². The molecule has 2 rings (SSSR count). The van der Waals surface area contributed by atoms with E-state index in [0.717, 1.165) is 30.2 Å². The molecule has 0 radical (unpaired) electrons. The number of rotatable bonds is 7. The van der Waals surface area contributed by atoms with E-state index in [2.05, 4.69) is 27.5 Å². The summed E-state index contributed by atoms with van der Waals surface area (Å²) in [5.74, 6) is 0.977. The Morgan fingerprint density at radius 2 is 2.08 bits per heavy atom. The molecule has 0 bridgehead atoms. The second kappa shape index (κ2) is 11.4. The van der Waals surface area contributed by atoms with Crippen molar-refractivity contribution in [2.24, 2.45) is 4.99 Å². The fourth-order valence-electron chi connectivity index (χ4n) is 2.81. The van der Waals surface area contributed by atoms with Crippen LogP contribution in [0.4, 0.5) is 0 Å². The summed E-state index contributed by atoms with van der Waals surface area (Å²) in [6, 6.07) is 0.238. The number of aryl methyl sites for hydroxylation is 1. The third kappa shape index (κ3) is 6.93. The molecule has 0 aromatic carbocycles. The van der Waals surface area contributed by atoms with Gasteiger partial charge >= 0.3 is 0 Å². The third-order valence-corrected chi connectivity index (χ3v) is 7.45. The Balaban J connectivity index is 0.00000338. The number of hydrogen-bond acceptors (Lipinski definition) is 5. The van der Waals surface area contributed by atoms with Crippen molar-refractivity contribution in [2.45, 2.75) is 52.1 Å². The van der Waals surface area contributed by atoms with E-state index in [1.54, 1.807) is 22.7 Å². The smallest absolute Gasteiger partial charge is 0.214 e. The van der Waals surface area contributed by atoms with E-state index >= 15 is 0 Å². The number of nitrogens with one attached hydrogen (secondary N) is 2. The largest absolute Gasteiger partial charge is 0.354 e. The van der Waals surface area contributed by atoms with Gasteiger partial charge < -0.3 is 10.6 Å². The standard InChI is InChI=1S/C16H29N5O2S2.HI/c1-4-10-25(22,23)21-8-6-13(7-9-21)20-16(17-3)19-12-15-18-11-14(5-2)24-15;/h11,13H,4-10,12H2,1-3H3,(H2,17,19,20);1H. The van der Waals surface area contributed by atoms with Gasteiger partial charge in [-0.05, 0) is 25.7 Å². The zero-order valence-corrected chi connectivity index (χ0v) is 19.7. The normalized spacial score (nSPS) is 17.0. The Labute approximate surface area is 178 Å². The summed E-state index contributed by atoms with van der Waals surface area (Å²) in [6.07, 6.45) is 5.17. The van der Waals surface area contributed by atoms with Gasteiger partial charge in [-0.1, -0.05) is 13.8 Å². The van der Waals surface area contributed by atoms with Crippen LogP contribution in [0, 0.1) is 0 Å². The quantitative estimate of drug-likeness (QED) is 0.331. The van der Waals surface area contributed by atoms with Crippen LogP contribution in [0.2, 0.25) is 0 Å². The molecule has 1 saturated heterocycles. The summed E-state index contributed by atoms with van der Waals surface area (Å²) in [5.41, 5.74) is 0. The molecular weight excluding hydrogens is 485 g/mol. The van der Waals surface area contributed by atoms with Gasteiger partial charge in [0.1, 0.15) is 5.01 Å². The molecule has 1 aliphatic heterocycles. The molecule has 0 aliphatic carbocycles. The second-order valence-corrected chi connectivity index (χ2v) is 9.42.